The van der Waals surface area contributed by atoms with Gasteiger partial charge in [-0.3, -0.25) is 0 Å². The summed E-state index contributed by atoms with van der Waals surface area (Å²) in [5, 5.41) is 6.12. The fraction of sp³-hybridized carbons (Fsp3) is 1.00. The fourth-order valence-electron chi connectivity index (χ4n) is 0.442. The van der Waals surface area contributed by atoms with E-state index in [-0.39, 0.29) is 41.9 Å². The van der Waals surface area contributed by atoms with Crippen molar-refractivity contribution in [3.05, 3.63) is 0 Å². The Morgan fingerprint density at radius 1 is 0.900 bits per heavy atom. The number of hydrogen-bond donors (Lipinski definition) is 2. The normalized spacial score (nSPS) is 6.60. The minimum absolute atomic E-state index is 0. The first-order valence-corrected chi connectivity index (χ1v) is 2.71. The van der Waals surface area contributed by atoms with E-state index in [1.54, 1.807) is 0 Å². The van der Waals surface area contributed by atoms with E-state index >= 15 is 0 Å². The van der Waals surface area contributed by atoms with E-state index in [1.165, 1.54) is 6.42 Å². The summed E-state index contributed by atoms with van der Waals surface area (Å²) in [5.74, 6) is 0. The maximum atomic E-state index is 3.06. The van der Waals surface area contributed by atoms with Crippen LogP contribution in [0.1, 0.15) is 6.42 Å². The minimum atomic E-state index is 0. The van der Waals surface area contributed by atoms with Crippen LogP contribution < -0.4 is 35.4 Å². The van der Waals surface area contributed by atoms with Crippen molar-refractivity contribution in [2.45, 2.75) is 6.42 Å². The predicted molar refractivity (Wildman–Crippen MR) is 32.5 cm³/mol. The van der Waals surface area contributed by atoms with E-state index in [0.717, 1.165) is 13.1 Å². The van der Waals surface area contributed by atoms with Gasteiger partial charge in [-0.2, -0.15) is 0 Å². The molecule has 1 radical (unpaired) electrons. The van der Waals surface area contributed by atoms with Gasteiger partial charge in [-0.1, -0.05) is 0 Å². The second kappa shape index (κ2) is 22.5. The van der Waals surface area contributed by atoms with Crippen molar-refractivity contribution in [2.24, 2.45) is 0 Å². The van der Waals surface area contributed by atoms with Gasteiger partial charge >= 0.3 is 17.1 Å². The van der Waals surface area contributed by atoms with Gasteiger partial charge in [0.1, 0.15) is 0 Å². The third-order valence-electron chi connectivity index (χ3n) is 0.854. The van der Waals surface area contributed by atoms with Gasteiger partial charge in [0.15, 0.2) is 0 Å². The first-order chi connectivity index (χ1) is 3.41. The Labute approximate surface area is 86.2 Å². The van der Waals surface area contributed by atoms with E-state index in [0.29, 0.717) is 0 Å². The van der Waals surface area contributed by atoms with Crippen molar-refractivity contribution < 1.29 is 41.9 Å². The Bertz CT molecular complexity index is 36.8. The molecular weight excluding hydrogens is 223 g/mol. The maximum absolute atomic E-state index is 3.06. The Kier molecular flexibility index (Phi) is 50.5. The van der Waals surface area contributed by atoms with Gasteiger partial charge in [0.25, 0.3) is 0 Å². The minimum Gasteiger partial charge on any atom is -1.00 e. The van der Waals surface area contributed by atoms with Crippen LogP contribution in [0.15, 0.2) is 0 Å². The monoisotopic (exact) mass is 235 g/mol. The quantitative estimate of drug-likeness (QED) is 0.375. The zero-order valence-corrected chi connectivity index (χ0v) is 8.63. The summed E-state index contributed by atoms with van der Waals surface area (Å²) in [6.07, 6.45) is 1.22. The van der Waals surface area contributed by atoms with Crippen LogP contribution in [0.3, 0.4) is 0 Å². The van der Waals surface area contributed by atoms with Gasteiger partial charge in [-0.05, 0) is 33.6 Å². The van der Waals surface area contributed by atoms with Gasteiger partial charge in [-0.15, -0.1) is 0 Å². The Morgan fingerprint density at radius 2 is 1.20 bits per heavy atom. The molecule has 0 atom stereocenters. The molecule has 0 fully saturated rings. The molecule has 0 unspecified atom stereocenters. The average Bonchev–Trinajstić information content (AvgIpc) is 1.69. The molecular formula is C5H14Cl2CuN2. The summed E-state index contributed by atoms with van der Waals surface area (Å²) in [6.45, 7) is 2.22. The number of hydrogen-bond acceptors (Lipinski definition) is 2. The molecule has 0 aromatic rings. The van der Waals surface area contributed by atoms with Crippen LogP contribution in [0.4, 0.5) is 0 Å². The molecule has 0 bridgehead atoms. The summed E-state index contributed by atoms with van der Waals surface area (Å²) in [4.78, 5) is 0. The third kappa shape index (κ3) is 23.0. The van der Waals surface area contributed by atoms with Crippen LogP contribution in [0, 0.1) is 0 Å². The maximum Gasteiger partial charge on any atom is 2.00 e. The SMILES string of the molecule is CNCCCNC.[Cl-].[Cl-].[Cu+2]. The Balaban J connectivity index is -0.0000000600. The van der Waals surface area contributed by atoms with Crippen LogP contribution in [0.25, 0.3) is 0 Å². The molecule has 0 amide bonds. The molecule has 2 N–H and O–H groups in total. The zero-order chi connectivity index (χ0) is 5.54. The predicted octanol–water partition coefficient (Wildman–Crippen LogP) is -6.18. The van der Waals surface area contributed by atoms with Gasteiger partial charge < -0.3 is 35.4 Å². The van der Waals surface area contributed by atoms with E-state index < -0.39 is 0 Å². The van der Waals surface area contributed by atoms with Crippen molar-refractivity contribution in [1.82, 2.24) is 10.6 Å². The second-order valence-corrected chi connectivity index (χ2v) is 1.56. The topological polar surface area (TPSA) is 24.1 Å². The summed E-state index contributed by atoms with van der Waals surface area (Å²) < 4.78 is 0. The molecule has 0 aromatic heterocycles. The van der Waals surface area contributed by atoms with Crippen LogP contribution in [-0.2, 0) is 17.1 Å². The number of nitrogens with one attached hydrogen (secondary N) is 2. The second-order valence-electron chi connectivity index (χ2n) is 1.56. The molecule has 0 aromatic carbocycles. The largest absolute Gasteiger partial charge is 2.00 e. The first kappa shape index (κ1) is 22.5. The Hall–Kier alpha value is 1.02. The standard InChI is InChI=1S/C5H14N2.2ClH.Cu/c1-6-4-3-5-7-2;;;/h6-7H,3-5H2,1-2H3;2*1H;/q;;;+2/p-2. The van der Waals surface area contributed by atoms with Crippen molar-refractivity contribution >= 4 is 0 Å². The van der Waals surface area contributed by atoms with Crippen molar-refractivity contribution in [3.63, 3.8) is 0 Å². The average molecular weight is 237 g/mol. The molecule has 5 heteroatoms. The molecule has 10 heavy (non-hydrogen) atoms. The fourth-order valence-corrected chi connectivity index (χ4v) is 0.442. The van der Waals surface area contributed by atoms with Crippen molar-refractivity contribution in [1.29, 1.82) is 0 Å². The van der Waals surface area contributed by atoms with E-state index in [2.05, 4.69) is 10.6 Å². The molecule has 0 saturated heterocycles. The Morgan fingerprint density at radius 3 is 1.40 bits per heavy atom. The van der Waals surface area contributed by atoms with Crippen molar-refractivity contribution in [3.8, 4) is 0 Å². The summed E-state index contributed by atoms with van der Waals surface area (Å²) >= 11 is 0. The van der Waals surface area contributed by atoms with Crippen LogP contribution in [0.5, 0.6) is 0 Å². The molecule has 0 heterocycles. The third-order valence-corrected chi connectivity index (χ3v) is 0.854. The summed E-state index contributed by atoms with van der Waals surface area (Å²) in [7, 11) is 3.94. The van der Waals surface area contributed by atoms with E-state index in [9.17, 15) is 0 Å². The van der Waals surface area contributed by atoms with Gasteiger partial charge in [0, 0.05) is 0 Å². The number of rotatable bonds is 4. The molecule has 0 aliphatic rings. The van der Waals surface area contributed by atoms with E-state index in [4.69, 9.17) is 0 Å². The number of halogens is 2. The van der Waals surface area contributed by atoms with E-state index in [1.807, 2.05) is 14.1 Å². The zero-order valence-electron chi connectivity index (χ0n) is 6.18. The molecule has 0 rings (SSSR count). The summed E-state index contributed by atoms with van der Waals surface area (Å²) in [5.41, 5.74) is 0. The molecule has 0 aliphatic heterocycles. The van der Waals surface area contributed by atoms with Crippen LogP contribution in [-0.4, -0.2) is 27.2 Å². The van der Waals surface area contributed by atoms with Crippen LogP contribution >= 0.6 is 0 Å². The molecule has 0 spiro atoms. The molecule has 0 aliphatic carbocycles. The molecule has 2 nitrogen and oxygen atoms in total. The first-order valence-electron chi connectivity index (χ1n) is 2.71. The van der Waals surface area contributed by atoms with Gasteiger partial charge in [-0.25, -0.2) is 0 Å². The van der Waals surface area contributed by atoms with Crippen molar-refractivity contribution in [2.75, 3.05) is 27.2 Å². The van der Waals surface area contributed by atoms with Gasteiger partial charge in [0.05, 0.1) is 0 Å². The smallest absolute Gasteiger partial charge is 1.00 e. The van der Waals surface area contributed by atoms with Gasteiger partial charge in [0.2, 0.25) is 0 Å². The molecule has 0 saturated carbocycles. The summed E-state index contributed by atoms with van der Waals surface area (Å²) in [6, 6.07) is 0. The van der Waals surface area contributed by atoms with Crippen LogP contribution in [0.2, 0.25) is 0 Å². The molecule has 69 valence electrons.